The molecule has 0 aliphatic carbocycles. The van der Waals surface area contributed by atoms with E-state index in [1.54, 1.807) is 23.1 Å². The Bertz CT molecular complexity index is 1200. The summed E-state index contributed by atoms with van der Waals surface area (Å²) in [5.41, 5.74) is 2.77. The van der Waals surface area contributed by atoms with Gasteiger partial charge in [-0.25, -0.2) is 22.4 Å². The lowest BCUT2D eigenvalue weighted by molar-refractivity contribution is 0.0949. The number of hydrogen-bond acceptors (Lipinski definition) is 7. The predicted octanol–water partition coefficient (Wildman–Crippen LogP) is 1.28. The summed E-state index contributed by atoms with van der Waals surface area (Å²) in [6.45, 7) is 2.66. The Hall–Kier alpha value is -3.28. The first-order valence-electron chi connectivity index (χ1n) is 10.5. The van der Waals surface area contributed by atoms with Crippen LogP contribution in [-0.2, 0) is 21.3 Å². The monoisotopic (exact) mass is 470 g/mol. The Balaban J connectivity index is 1.56. The molecule has 0 radical (unpaired) electrons. The number of hydrogen-bond donors (Lipinski definition) is 1. The minimum Gasteiger partial charge on any atom is -0.378 e. The van der Waals surface area contributed by atoms with E-state index in [1.807, 2.05) is 29.2 Å². The molecule has 33 heavy (non-hydrogen) atoms. The van der Waals surface area contributed by atoms with Gasteiger partial charge in [-0.15, -0.1) is 0 Å². The third-order valence-corrected chi connectivity index (χ3v) is 7.23. The number of rotatable bonds is 7. The van der Waals surface area contributed by atoms with E-state index in [9.17, 15) is 13.2 Å². The maximum absolute atomic E-state index is 13.2. The first-order valence-corrected chi connectivity index (χ1v) is 11.9. The second-order valence-corrected chi connectivity index (χ2v) is 9.91. The molecule has 10 nitrogen and oxygen atoms in total. The second-order valence-electron chi connectivity index (χ2n) is 7.75. The largest absolute Gasteiger partial charge is 0.378 e. The van der Waals surface area contributed by atoms with Crippen molar-refractivity contribution >= 4 is 21.6 Å². The van der Waals surface area contributed by atoms with Crippen LogP contribution in [0.1, 0.15) is 15.9 Å². The molecule has 4 rings (SSSR count). The summed E-state index contributed by atoms with van der Waals surface area (Å²) in [4.78, 5) is 19.2. The van der Waals surface area contributed by atoms with Crippen LogP contribution in [0.2, 0.25) is 0 Å². The number of nitrogens with zero attached hydrogens (tertiary/aromatic N) is 5. The lowest BCUT2D eigenvalue weighted by Gasteiger charge is -2.30. The summed E-state index contributed by atoms with van der Waals surface area (Å²) >= 11 is 0. The van der Waals surface area contributed by atoms with Gasteiger partial charge in [0, 0.05) is 39.4 Å². The van der Waals surface area contributed by atoms with E-state index < -0.39 is 10.0 Å². The fourth-order valence-electron chi connectivity index (χ4n) is 3.53. The molecule has 0 saturated carbocycles. The minimum atomic E-state index is -3.68. The lowest BCUT2D eigenvalue weighted by Crippen LogP contribution is -2.38. The molecule has 1 fully saturated rings. The van der Waals surface area contributed by atoms with Crippen molar-refractivity contribution in [1.29, 1.82) is 0 Å². The van der Waals surface area contributed by atoms with E-state index in [4.69, 9.17) is 4.74 Å². The topological polar surface area (TPSA) is 110 Å². The van der Waals surface area contributed by atoms with E-state index in [0.717, 1.165) is 15.6 Å². The fraction of sp³-hybridized carbons (Fsp3) is 0.318. The molecule has 1 aliphatic rings. The average molecular weight is 471 g/mol. The minimum absolute atomic E-state index is 0.0758. The van der Waals surface area contributed by atoms with E-state index in [-0.39, 0.29) is 10.8 Å². The molecule has 1 N–H and O–H groups in total. The molecule has 11 heteroatoms. The van der Waals surface area contributed by atoms with Gasteiger partial charge in [0.15, 0.2) is 0 Å². The van der Waals surface area contributed by atoms with Crippen LogP contribution >= 0.6 is 0 Å². The number of ether oxygens (including phenoxy) is 1. The van der Waals surface area contributed by atoms with Gasteiger partial charge in [0.25, 0.3) is 5.91 Å². The quantitative estimate of drug-likeness (QED) is 0.554. The Morgan fingerprint density at radius 3 is 2.48 bits per heavy atom. The van der Waals surface area contributed by atoms with Crippen LogP contribution in [0.25, 0.3) is 5.69 Å². The van der Waals surface area contributed by atoms with Crippen LogP contribution in [-0.4, -0.2) is 73.8 Å². The van der Waals surface area contributed by atoms with Crippen molar-refractivity contribution in [3.05, 3.63) is 66.2 Å². The van der Waals surface area contributed by atoms with Crippen LogP contribution in [0.15, 0.2) is 60.0 Å². The number of morpholine rings is 1. The van der Waals surface area contributed by atoms with Crippen molar-refractivity contribution in [2.24, 2.45) is 0 Å². The molecule has 2 heterocycles. The molecule has 1 saturated heterocycles. The number of nitrogens with one attached hydrogen (secondary N) is 1. The zero-order valence-corrected chi connectivity index (χ0v) is 19.3. The molecule has 2 aromatic carbocycles. The number of amides is 1. The van der Waals surface area contributed by atoms with Crippen molar-refractivity contribution < 1.29 is 17.9 Å². The summed E-state index contributed by atoms with van der Waals surface area (Å²) < 4.78 is 33.5. The van der Waals surface area contributed by atoms with Gasteiger partial charge in [0.1, 0.15) is 12.7 Å². The molecule has 3 aromatic rings. The van der Waals surface area contributed by atoms with E-state index in [1.165, 1.54) is 26.5 Å². The highest BCUT2D eigenvalue weighted by Gasteiger charge is 2.24. The van der Waals surface area contributed by atoms with Crippen molar-refractivity contribution in [2.45, 2.75) is 11.4 Å². The second kappa shape index (κ2) is 9.69. The van der Waals surface area contributed by atoms with Gasteiger partial charge in [-0.05, 0) is 35.9 Å². The number of aromatic nitrogens is 3. The third kappa shape index (κ3) is 5.05. The molecule has 0 spiro atoms. The van der Waals surface area contributed by atoms with Crippen LogP contribution in [0.5, 0.6) is 0 Å². The zero-order valence-electron chi connectivity index (χ0n) is 18.5. The van der Waals surface area contributed by atoms with Gasteiger partial charge in [0.2, 0.25) is 10.0 Å². The maximum atomic E-state index is 13.2. The fourth-order valence-corrected chi connectivity index (χ4v) is 4.46. The third-order valence-electron chi connectivity index (χ3n) is 5.42. The zero-order chi connectivity index (χ0) is 23.4. The van der Waals surface area contributed by atoms with Crippen molar-refractivity contribution in [3.63, 3.8) is 0 Å². The number of benzene rings is 2. The van der Waals surface area contributed by atoms with E-state index in [2.05, 4.69) is 15.4 Å². The Labute approximate surface area is 192 Å². The van der Waals surface area contributed by atoms with Crippen LogP contribution in [0, 0.1) is 0 Å². The number of anilines is 1. The van der Waals surface area contributed by atoms with Gasteiger partial charge in [-0.3, -0.25) is 4.79 Å². The predicted molar refractivity (Wildman–Crippen MR) is 123 cm³/mol. The van der Waals surface area contributed by atoms with Crippen LogP contribution < -0.4 is 10.2 Å². The van der Waals surface area contributed by atoms with Crippen LogP contribution in [0.4, 0.5) is 5.69 Å². The van der Waals surface area contributed by atoms with Crippen molar-refractivity contribution in [3.8, 4) is 5.69 Å². The molecule has 174 valence electrons. The highest BCUT2D eigenvalue weighted by Crippen LogP contribution is 2.26. The van der Waals surface area contributed by atoms with Gasteiger partial charge in [-0.2, -0.15) is 5.10 Å². The highest BCUT2D eigenvalue weighted by atomic mass is 32.2. The van der Waals surface area contributed by atoms with Gasteiger partial charge < -0.3 is 15.0 Å². The summed E-state index contributed by atoms with van der Waals surface area (Å²) in [5.74, 6) is -0.340. The molecular formula is C22H26N6O4S. The summed E-state index contributed by atoms with van der Waals surface area (Å²) in [6.07, 6.45) is 3.07. The smallest absolute Gasteiger partial charge is 0.253 e. The summed E-state index contributed by atoms with van der Waals surface area (Å²) in [7, 11) is -0.745. The first kappa shape index (κ1) is 22.9. The molecule has 1 aliphatic heterocycles. The number of sulfonamides is 1. The average Bonchev–Trinajstić information content (AvgIpc) is 3.38. The Morgan fingerprint density at radius 2 is 1.85 bits per heavy atom. The van der Waals surface area contributed by atoms with E-state index >= 15 is 0 Å². The standard InChI is InChI=1S/C22H26N6O4S/c1-26(2)33(30,31)19-7-8-21(27-9-11-32-12-10-27)20(13-19)22(29)24-14-17-3-5-18(6-4-17)28-16-23-15-25-28/h3-8,13,15-16H,9-12,14H2,1-2H3,(H,24,29). The molecule has 0 bridgehead atoms. The lowest BCUT2D eigenvalue weighted by atomic mass is 10.1. The maximum Gasteiger partial charge on any atom is 0.253 e. The first-order chi connectivity index (χ1) is 15.9. The molecule has 1 aromatic heterocycles. The number of carbonyl (C=O) groups excluding carboxylic acids is 1. The Kier molecular flexibility index (Phi) is 6.72. The van der Waals surface area contributed by atoms with Crippen molar-refractivity contribution in [2.75, 3.05) is 45.3 Å². The Morgan fingerprint density at radius 1 is 1.12 bits per heavy atom. The summed E-state index contributed by atoms with van der Waals surface area (Å²) in [6, 6.07) is 12.3. The summed E-state index contributed by atoms with van der Waals surface area (Å²) in [5, 5.41) is 7.01. The van der Waals surface area contributed by atoms with Gasteiger partial charge in [0.05, 0.1) is 29.4 Å². The van der Waals surface area contributed by atoms with E-state index in [0.29, 0.717) is 44.1 Å². The van der Waals surface area contributed by atoms with Crippen molar-refractivity contribution in [1.82, 2.24) is 24.4 Å². The normalized spacial score (nSPS) is 14.5. The molecule has 0 atom stereocenters. The van der Waals surface area contributed by atoms with Crippen LogP contribution in [0.3, 0.4) is 0 Å². The van der Waals surface area contributed by atoms with Gasteiger partial charge in [-0.1, -0.05) is 12.1 Å². The number of carbonyl (C=O) groups is 1. The molecule has 1 amide bonds. The molecular weight excluding hydrogens is 444 g/mol. The SMILES string of the molecule is CN(C)S(=O)(=O)c1ccc(N2CCOCC2)c(C(=O)NCc2ccc(-n3cncn3)cc2)c1. The highest BCUT2D eigenvalue weighted by molar-refractivity contribution is 7.89. The van der Waals surface area contributed by atoms with Gasteiger partial charge >= 0.3 is 0 Å². The molecule has 0 unspecified atom stereocenters.